The Labute approximate surface area is 163 Å². The van der Waals surface area contributed by atoms with Crippen LogP contribution >= 0.6 is 0 Å². The Hall–Kier alpha value is -3.68. The zero-order valence-corrected chi connectivity index (χ0v) is 15.8. The minimum atomic E-state index is -0.329. The molecule has 0 saturated carbocycles. The molecule has 0 atom stereocenters. The van der Waals surface area contributed by atoms with Gasteiger partial charge in [0.1, 0.15) is 0 Å². The molecule has 3 aromatic rings. The second-order valence-electron chi connectivity index (χ2n) is 6.17. The standard InChI is InChI=1S/C20H22N6O2/c1-3-21-19(27)16-6-7-17(14(2)11-16)25-20(28)23-13-15-5-8-18(22-12-15)26-10-4-9-24-26/h4-12H,3,13H2,1-2H3,(H,21,27)(H2,23,25,28). The highest BCUT2D eigenvalue weighted by Gasteiger charge is 2.09. The number of carbonyl (C=O) groups excluding carboxylic acids is 2. The molecule has 0 radical (unpaired) electrons. The van der Waals surface area contributed by atoms with E-state index in [1.165, 1.54) is 0 Å². The van der Waals surface area contributed by atoms with Gasteiger partial charge in [-0.25, -0.2) is 14.5 Å². The molecule has 0 aliphatic rings. The average Bonchev–Trinajstić information content (AvgIpc) is 3.23. The van der Waals surface area contributed by atoms with Gasteiger partial charge in [0.2, 0.25) is 0 Å². The van der Waals surface area contributed by atoms with Crippen molar-refractivity contribution in [2.24, 2.45) is 0 Å². The first kappa shape index (κ1) is 19.1. The number of aryl methyl sites for hydroxylation is 1. The lowest BCUT2D eigenvalue weighted by Crippen LogP contribution is -2.28. The zero-order chi connectivity index (χ0) is 19.9. The quantitative estimate of drug-likeness (QED) is 0.614. The summed E-state index contributed by atoms with van der Waals surface area (Å²) in [6, 6.07) is 10.4. The third-order valence-electron chi connectivity index (χ3n) is 4.08. The predicted octanol–water partition coefficient (Wildman–Crippen LogP) is 2.65. The number of nitrogens with one attached hydrogen (secondary N) is 3. The highest BCUT2D eigenvalue weighted by atomic mass is 16.2. The van der Waals surface area contributed by atoms with Crippen LogP contribution in [0.25, 0.3) is 5.82 Å². The van der Waals surface area contributed by atoms with Crippen molar-refractivity contribution in [2.45, 2.75) is 20.4 Å². The van der Waals surface area contributed by atoms with Crippen molar-refractivity contribution < 1.29 is 9.59 Å². The highest BCUT2D eigenvalue weighted by Crippen LogP contribution is 2.16. The lowest BCUT2D eigenvalue weighted by atomic mass is 10.1. The van der Waals surface area contributed by atoms with E-state index in [2.05, 4.69) is 26.0 Å². The molecule has 8 heteroatoms. The maximum atomic E-state index is 12.2. The maximum Gasteiger partial charge on any atom is 0.319 e. The second-order valence-corrected chi connectivity index (χ2v) is 6.17. The number of nitrogens with zero attached hydrogens (tertiary/aromatic N) is 3. The van der Waals surface area contributed by atoms with Crippen LogP contribution in [0.15, 0.2) is 55.0 Å². The number of urea groups is 1. The molecule has 144 valence electrons. The molecule has 0 spiro atoms. The number of pyridine rings is 1. The van der Waals surface area contributed by atoms with Crippen molar-refractivity contribution >= 4 is 17.6 Å². The van der Waals surface area contributed by atoms with E-state index >= 15 is 0 Å². The number of hydrogen-bond donors (Lipinski definition) is 3. The van der Waals surface area contributed by atoms with Crippen LogP contribution in [0, 0.1) is 6.92 Å². The van der Waals surface area contributed by atoms with Crippen LogP contribution < -0.4 is 16.0 Å². The number of aromatic nitrogens is 3. The summed E-state index contributed by atoms with van der Waals surface area (Å²) in [7, 11) is 0. The monoisotopic (exact) mass is 378 g/mol. The Morgan fingerprint density at radius 3 is 2.64 bits per heavy atom. The van der Waals surface area contributed by atoms with Crippen molar-refractivity contribution in [3.05, 3.63) is 71.7 Å². The first-order valence-electron chi connectivity index (χ1n) is 8.95. The number of benzene rings is 1. The SMILES string of the molecule is CCNC(=O)c1ccc(NC(=O)NCc2ccc(-n3cccn3)nc2)c(C)c1. The van der Waals surface area contributed by atoms with Crippen LogP contribution in [0.2, 0.25) is 0 Å². The molecule has 0 aliphatic heterocycles. The fraction of sp³-hybridized carbons (Fsp3) is 0.200. The van der Waals surface area contributed by atoms with Gasteiger partial charge < -0.3 is 16.0 Å². The van der Waals surface area contributed by atoms with Crippen molar-refractivity contribution in [1.82, 2.24) is 25.4 Å². The molecule has 28 heavy (non-hydrogen) atoms. The first-order chi connectivity index (χ1) is 13.6. The summed E-state index contributed by atoms with van der Waals surface area (Å²) in [5.41, 5.74) is 2.89. The maximum absolute atomic E-state index is 12.2. The van der Waals surface area contributed by atoms with Crippen LogP contribution in [-0.4, -0.2) is 33.2 Å². The Balaban J connectivity index is 1.55. The van der Waals surface area contributed by atoms with Gasteiger partial charge in [0.25, 0.3) is 5.91 Å². The first-order valence-corrected chi connectivity index (χ1v) is 8.95. The van der Waals surface area contributed by atoms with E-state index in [9.17, 15) is 9.59 Å². The Morgan fingerprint density at radius 1 is 1.14 bits per heavy atom. The van der Waals surface area contributed by atoms with Gasteiger partial charge in [-0.15, -0.1) is 0 Å². The van der Waals surface area contributed by atoms with Gasteiger partial charge in [-0.3, -0.25) is 4.79 Å². The summed E-state index contributed by atoms with van der Waals surface area (Å²) < 4.78 is 1.66. The summed E-state index contributed by atoms with van der Waals surface area (Å²) in [4.78, 5) is 28.4. The molecule has 2 aromatic heterocycles. The molecule has 3 amide bonds. The van der Waals surface area contributed by atoms with E-state index in [1.54, 1.807) is 35.3 Å². The highest BCUT2D eigenvalue weighted by molar-refractivity contribution is 5.96. The fourth-order valence-corrected chi connectivity index (χ4v) is 2.62. The Kier molecular flexibility index (Phi) is 6.01. The number of amides is 3. The summed E-state index contributed by atoms with van der Waals surface area (Å²) >= 11 is 0. The van der Waals surface area contributed by atoms with E-state index in [0.717, 1.165) is 11.1 Å². The average molecular weight is 378 g/mol. The van der Waals surface area contributed by atoms with Crippen LogP contribution in [0.1, 0.15) is 28.4 Å². The van der Waals surface area contributed by atoms with Crippen molar-refractivity contribution in [3.8, 4) is 5.82 Å². The summed E-state index contributed by atoms with van der Waals surface area (Å²) in [6.07, 6.45) is 5.20. The van der Waals surface area contributed by atoms with E-state index in [-0.39, 0.29) is 11.9 Å². The lowest BCUT2D eigenvalue weighted by molar-refractivity contribution is 0.0955. The topological polar surface area (TPSA) is 101 Å². The van der Waals surface area contributed by atoms with Gasteiger partial charge >= 0.3 is 6.03 Å². The zero-order valence-electron chi connectivity index (χ0n) is 15.8. The minimum absolute atomic E-state index is 0.132. The molecule has 0 bridgehead atoms. The molecule has 0 saturated heterocycles. The number of hydrogen-bond acceptors (Lipinski definition) is 4. The van der Waals surface area contributed by atoms with Gasteiger partial charge in [-0.2, -0.15) is 5.10 Å². The molecule has 1 aromatic carbocycles. The van der Waals surface area contributed by atoms with Crippen LogP contribution in [0.3, 0.4) is 0 Å². The second kappa shape index (κ2) is 8.81. The molecule has 3 N–H and O–H groups in total. The fourth-order valence-electron chi connectivity index (χ4n) is 2.62. The smallest absolute Gasteiger partial charge is 0.319 e. The number of anilines is 1. The van der Waals surface area contributed by atoms with E-state index in [1.807, 2.05) is 38.2 Å². The number of rotatable bonds is 6. The Morgan fingerprint density at radius 2 is 2.00 bits per heavy atom. The number of carbonyl (C=O) groups is 2. The van der Waals surface area contributed by atoms with Crippen molar-refractivity contribution in [1.29, 1.82) is 0 Å². The molecule has 2 heterocycles. The summed E-state index contributed by atoms with van der Waals surface area (Å²) in [6.45, 7) is 4.62. The van der Waals surface area contributed by atoms with Crippen LogP contribution in [0.4, 0.5) is 10.5 Å². The summed E-state index contributed by atoms with van der Waals surface area (Å²) in [5.74, 6) is 0.577. The molecule has 0 aliphatic carbocycles. The largest absolute Gasteiger partial charge is 0.352 e. The van der Waals surface area contributed by atoms with Gasteiger partial charge in [0, 0.05) is 42.9 Å². The molecular formula is C20H22N6O2. The molecule has 0 fully saturated rings. The summed E-state index contributed by atoms with van der Waals surface area (Å²) in [5, 5.41) is 12.5. The lowest BCUT2D eigenvalue weighted by Gasteiger charge is -2.11. The van der Waals surface area contributed by atoms with Crippen molar-refractivity contribution in [3.63, 3.8) is 0 Å². The predicted molar refractivity (Wildman–Crippen MR) is 106 cm³/mol. The van der Waals surface area contributed by atoms with Gasteiger partial charge in [0.05, 0.1) is 0 Å². The van der Waals surface area contributed by atoms with Gasteiger partial charge in [0.15, 0.2) is 5.82 Å². The van der Waals surface area contributed by atoms with Crippen LogP contribution in [-0.2, 0) is 6.54 Å². The molecule has 3 rings (SSSR count). The molecule has 0 unspecified atom stereocenters. The van der Waals surface area contributed by atoms with E-state index in [4.69, 9.17) is 0 Å². The van der Waals surface area contributed by atoms with Gasteiger partial charge in [-0.1, -0.05) is 6.07 Å². The Bertz CT molecular complexity index is 951. The minimum Gasteiger partial charge on any atom is -0.352 e. The molecular weight excluding hydrogens is 356 g/mol. The van der Waals surface area contributed by atoms with Gasteiger partial charge in [-0.05, 0) is 55.3 Å². The third kappa shape index (κ3) is 4.73. The third-order valence-corrected chi connectivity index (χ3v) is 4.08. The molecule has 8 nitrogen and oxygen atoms in total. The normalized spacial score (nSPS) is 10.4. The van der Waals surface area contributed by atoms with E-state index < -0.39 is 0 Å². The van der Waals surface area contributed by atoms with Crippen molar-refractivity contribution in [2.75, 3.05) is 11.9 Å². The van der Waals surface area contributed by atoms with Crippen LogP contribution in [0.5, 0.6) is 0 Å². The van der Waals surface area contributed by atoms with E-state index in [0.29, 0.717) is 30.2 Å².